The fourth-order valence-corrected chi connectivity index (χ4v) is 0.286. The molecule has 0 fully saturated rings. The van der Waals surface area contributed by atoms with Gasteiger partial charge in [0.05, 0.1) is 0 Å². The van der Waals surface area contributed by atoms with Gasteiger partial charge in [-0.3, -0.25) is 6.42 Å². The number of hydrogen-bond donors (Lipinski definition) is 0. The zero-order chi connectivity index (χ0) is 5.86. The minimum Gasteiger partial charge on any atom is -0.334 e. The standard InChI is InChI=1S/C5H7O2.Na/c1-4(6)3-5(2)7;/h3H,1-2H3;/q-1;+1. The van der Waals surface area contributed by atoms with Crippen LogP contribution in [0.15, 0.2) is 0 Å². The summed E-state index contributed by atoms with van der Waals surface area (Å²) in [4.78, 5) is 20.0. The molecular weight excluding hydrogens is 115 g/mol. The Morgan fingerprint density at radius 1 is 1.12 bits per heavy atom. The van der Waals surface area contributed by atoms with Gasteiger partial charge in [0.2, 0.25) is 0 Å². The summed E-state index contributed by atoms with van der Waals surface area (Å²) < 4.78 is 0. The smallest absolute Gasteiger partial charge is 0.334 e. The molecule has 0 unspecified atom stereocenters. The predicted molar refractivity (Wildman–Crippen MR) is 25.7 cm³/mol. The first-order valence-corrected chi connectivity index (χ1v) is 1.99. The molecule has 2 nitrogen and oxygen atoms in total. The topological polar surface area (TPSA) is 34.1 Å². The Labute approximate surface area is 70.9 Å². The average molecular weight is 122 g/mol. The Morgan fingerprint density at radius 3 is 1.38 bits per heavy atom. The number of carbonyl (C=O) groups excluding carboxylic acids is 2. The molecule has 0 radical (unpaired) electrons. The maximum Gasteiger partial charge on any atom is 1.00 e. The van der Waals surface area contributed by atoms with Crippen LogP contribution in [0.3, 0.4) is 0 Å². The number of hydrogen-bond acceptors (Lipinski definition) is 2. The van der Waals surface area contributed by atoms with Crippen molar-refractivity contribution in [2.75, 3.05) is 0 Å². The van der Waals surface area contributed by atoms with Crippen molar-refractivity contribution in [1.82, 2.24) is 0 Å². The number of Topliss-reactive ketones (excluding diaryl/α,β-unsaturated/α-hetero) is 2. The second-order valence-corrected chi connectivity index (χ2v) is 1.37. The monoisotopic (exact) mass is 122 g/mol. The summed E-state index contributed by atoms with van der Waals surface area (Å²) in [5.41, 5.74) is 0. The summed E-state index contributed by atoms with van der Waals surface area (Å²) in [6.07, 6.45) is 1.06. The van der Waals surface area contributed by atoms with Crippen molar-refractivity contribution < 1.29 is 39.1 Å². The van der Waals surface area contributed by atoms with Crippen LogP contribution >= 0.6 is 0 Å². The van der Waals surface area contributed by atoms with Gasteiger partial charge in [0.15, 0.2) is 0 Å². The van der Waals surface area contributed by atoms with E-state index in [1.54, 1.807) is 0 Å². The second kappa shape index (κ2) is 5.35. The Bertz CT molecular complexity index is 86.6. The minimum absolute atomic E-state index is 0. The molecule has 0 atom stereocenters. The molecule has 3 heteroatoms. The van der Waals surface area contributed by atoms with Crippen molar-refractivity contribution in [1.29, 1.82) is 0 Å². The summed E-state index contributed by atoms with van der Waals surface area (Å²) >= 11 is 0. The van der Waals surface area contributed by atoms with E-state index in [1.807, 2.05) is 0 Å². The first-order chi connectivity index (χ1) is 3.13. The van der Waals surface area contributed by atoms with Gasteiger partial charge in [-0.2, -0.15) is 0 Å². The third-order valence-electron chi connectivity index (χ3n) is 0.407. The van der Waals surface area contributed by atoms with Crippen LogP contribution in [0, 0.1) is 6.42 Å². The zero-order valence-electron chi connectivity index (χ0n) is 5.39. The Balaban J connectivity index is 0. The third kappa shape index (κ3) is 9.51. The number of ketones is 2. The maximum absolute atomic E-state index is 9.98. The van der Waals surface area contributed by atoms with E-state index >= 15 is 0 Å². The molecule has 0 saturated heterocycles. The van der Waals surface area contributed by atoms with Crippen LogP contribution in [0.25, 0.3) is 0 Å². The number of carbonyl (C=O) groups is 2. The molecule has 0 aliphatic heterocycles. The maximum atomic E-state index is 9.98. The largest absolute Gasteiger partial charge is 1.00 e. The van der Waals surface area contributed by atoms with E-state index in [0.29, 0.717) is 0 Å². The van der Waals surface area contributed by atoms with E-state index < -0.39 is 0 Å². The van der Waals surface area contributed by atoms with Crippen molar-refractivity contribution in [3.8, 4) is 0 Å². The van der Waals surface area contributed by atoms with Crippen molar-refractivity contribution in [3.05, 3.63) is 6.42 Å². The van der Waals surface area contributed by atoms with E-state index in [0.717, 1.165) is 6.42 Å². The van der Waals surface area contributed by atoms with Crippen LogP contribution in [0.4, 0.5) is 0 Å². The summed E-state index contributed by atoms with van der Waals surface area (Å²) in [5, 5.41) is 0. The van der Waals surface area contributed by atoms with Crippen LogP contribution in [-0.2, 0) is 9.59 Å². The molecule has 0 aromatic carbocycles. The predicted octanol–water partition coefficient (Wildman–Crippen LogP) is -2.63. The van der Waals surface area contributed by atoms with Crippen molar-refractivity contribution in [2.24, 2.45) is 0 Å². The Morgan fingerprint density at radius 2 is 1.38 bits per heavy atom. The molecule has 0 aromatic rings. The molecule has 0 spiro atoms. The first kappa shape index (κ1) is 11.1. The second-order valence-electron chi connectivity index (χ2n) is 1.37. The van der Waals surface area contributed by atoms with Gasteiger partial charge >= 0.3 is 29.6 Å². The van der Waals surface area contributed by atoms with Gasteiger partial charge in [0.25, 0.3) is 0 Å². The molecule has 0 rings (SSSR count). The van der Waals surface area contributed by atoms with Crippen LogP contribution in [-0.4, -0.2) is 11.6 Å². The fraction of sp³-hybridized carbons (Fsp3) is 0.400. The molecule has 0 amide bonds. The van der Waals surface area contributed by atoms with Gasteiger partial charge in [-0.15, -0.1) is 0 Å². The average Bonchev–Trinajstić information content (AvgIpc) is 1.27. The summed E-state index contributed by atoms with van der Waals surface area (Å²) in [6.45, 7) is 2.70. The normalized spacial score (nSPS) is 6.75. The summed E-state index contributed by atoms with van der Waals surface area (Å²) in [5.74, 6) is -0.375. The van der Waals surface area contributed by atoms with Crippen LogP contribution in [0.2, 0.25) is 0 Å². The zero-order valence-corrected chi connectivity index (χ0v) is 7.39. The van der Waals surface area contributed by atoms with Gasteiger partial charge in [0.1, 0.15) is 0 Å². The third-order valence-corrected chi connectivity index (χ3v) is 0.407. The SMILES string of the molecule is CC(=O)[CH-]C(C)=O.[Na+]. The van der Waals surface area contributed by atoms with Gasteiger partial charge in [0, 0.05) is 11.6 Å². The molecule has 0 N–H and O–H groups in total. The number of rotatable bonds is 2. The Kier molecular flexibility index (Phi) is 7.40. The fourth-order valence-electron chi connectivity index (χ4n) is 0.286. The molecule has 8 heavy (non-hydrogen) atoms. The summed E-state index contributed by atoms with van der Waals surface area (Å²) in [6, 6.07) is 0. The van der Waals surface area contributed by atoms with Crippen LogP contribution < -0.4 is 29.6 Å². The van der Waals surface area contributed by atoms with E-state index in [-0.39, 0.29) is 41.1 Å². The molecular formula is C5H7NaO2. The minimum atomic E-state index is -0.187. The Hall–Kier alpha value is 0.210. The molecule has 0 bridgehead atoms. The first-order valence-electron chi connectivity index (χ1n) is 1.99. The molecule has 0 heterocycles. The van der Waals surface area contributed by atoms with Crippen LogP contribution in [0.5, 0.6) is 0 Å². The summed E-state index contributed by atoms with van der Waals surface area (Å²) in [7, 11) is 0. The van der Waals surface area contributed by atoms with Crippen molar-refractivity contribution in [2.45, 2.75) is 13.8 Å². The van der Waals surface area contributed by atoms with Gasteiger partial charge in [-0.1, -0.05) is 0 Å². The van der Waals surface area contributed by atoms with E-state index in [4.69, 9.17) is 0 Å². The van der Waals surface area contributed by atoms with E-state index in [1.165, 1.54) is 13.8 Å². The van der Waals surface area contributed by atoms with Gasteiger partial charge in [-0.05, 0) is 13.8 Å². The quantitative estimate of drug-likeness (QED) is 0.228. The van der Waals surface area contributed by atoms with Crippen molar-refractivity contribution >= 4 is 11.6 Å². The van der Waals surface area contributed by atoms with E-state index in [9.17, 15) is 9.59 Å². The molecule has 0 aromatic heterocycles. The molecule has 0 aliphatic carbocycles. The van der Waals surface area contributed by atoms with E-state index in [2.05, 4.69) is 0 Å². The molecule has 40 valence electrons. The van der Waals surface area contributed by atoms with Crippen molar-refractivity contribution in [3.63, 3.8) is 0 Å². The van der Waals surface area contributed by atoms with Gasteiger partial charge in [-0.25, -0.2) is 0 Å². The molecule has 0 aliphatic rings. The molecule has 0 saturated carbocycles. The van der Waals surface area contributed by atoms with Crippen LogP contribution in [0.1, 0.15) is 13.8 Å². The van der Waals surface area contributed by atoms with Gasteiger partial charge < -0.3 is 9.59 Å².